The molecule has 2 amide bonds. The number of ketones is 2. The van der Waals surface area contributed by atoms with Crippen LogP contribution < -0.4 is 11.1 Å². The van der Waals surface area contributed by atoms with Crippen LogP contribution in [0.3, 0.4) is 0 Å². The molecule has 0 heterocycles. The maximum absolute atomic E-state index is 14.0. The van der Waals surface area contributed by atoms with Gasteiger partial charge >= 0.3 is 12.1 Å². The number of nitrogens with zero attached hydrogens (tertiary/aromatic N) is 1. The summed E-state index contributed by atoms with van der Waals surface area (Å²) in [5, 5.41) is 47.0. The Kier molecular flexibility index (Phi) is 7.59. The summed E-state index contributed by atoms with van der Waals surface area (Å²) >= 11 is 0. The van der Waals surface area contributed by atoms with Crippen LogP contribution in [0.25, 0.3) is 5.76 Å². The van der Waals surface area contributed by atoms with Crippen molar-refractivity contribution in [3.8, 4) is 5.75 Å². The van der Waals surface area contributed by atoms with E-state index in [1.54, 1.807) is 26.8 Å². The number of benzene rings is 1. The van der Waals surface area contributed by atoms with E-state index >= 15 is 0 Å². The largest absolute Gasteiger partial charge is 0.508 e. The van der Waals surface area contributed by atoms with Crippen LogP contribution in [-0.4, -0.2) is 98.9 Å². The van der Waals surface area contributed by atoms with Crippen molar-refractivity contribution in [2.45, 2.75) is 50.5 Å². The molecule has 42 heavy (non-hydrogen) atoms. The van der Waals surface area contributed by atoms with Gasteiger partial charge in [-0.05, 0) is 52.9 Å². The van der Waals surface area contributed by atoms with E-state index in [0.717, 1.165) is 0 Å². The Bertz CT molecular complexity index is 1460. The number of hydrogen-bond acceptors (Lipinski definition) is 12. The van der Waals surface area contributed by atoms with Gasteiger partial charge in [0, 0.05) is 11.5 Å². The van der Waals surface area contributed by atoms with Crippen molar-refractivity contribution >= 4 is 35.3 Å². The fourth-order valence-corrected chi connectivity index (χ4v) is 5.97. The molecule has 0 radical (unpaired) electrons. The Balaban J connectivity index is 1.88. The van der Waals surface area contributed by atoms with Crippen LogP contribution in [0, 0.1) is 11.8 Å². The molecule has 0 bridgehead atoms. The van der Waals surface area contributed by atoms with E-state index in [-0.39, 0.29) is 17.7 Å². The molecule has 0 aliphatic heterocycles. The number of aromatic hydroxyl groups is 1. The SMILES string of the molecule is CN(C)[C@@H]1C(=O)C(C(N)=O)=C(O)[C@@]2(O)C(=O)C3=C(O)c4c(O)cccc4C[C@H]3[C@H](OC(=O)CNC(=O)OC(C)(C)C)[C@@H]12. The Hall–Kier alpha value is -4.43. The predicted molar refractivity (Wildman–Crippen MR) is 144 cm³/mol. The summed E-state index contributed by atoms with van der Waals surface area (Å²) in [5.74, 6) is -10.1. The van der Waals surface area contributed by atoms with E-state index in [0.29, 0.717) is 5.56 Å². The number of primary amides is 1. The number of likely N-dealkylation sites (N-methyl/N-ethyl adjacent to an activating group) is 1. The topological polar surface area (TPSA) is 226 Å². The number of carbonyl (C=O) groups is 5. The van der Waals surface area contributed by atoms with E-state index in [4.69, 9.17) is 15.2 Å². The zero-order chi connectivity index (χ0) is 31.5. The van der Waals surface area contributed by atoms with Gasteiger partial charge in [0.15, 0.2) is 11.4 Å². The number of phenols is 1. The maximum Gasteiger partial charge on any atom is 0.408 e. The van der Waals surface area contributed by atoms with Crippen molar-refractivity contribution in [3.05, 3.63) is 46.2 Å². The van der Waals surface area contributed by atoms with Gasteiger partial charge < -0.3 is 41.0 Å². The molecule has 3 aliphatic rings. The zero-order valence-corrected chi connectivity index (χ0v) is 23.6. The Labute approximate surface area is 240 Å². The molecule has 7 N–H and O–H groups in total. The second kappa shape index (κ2) is 10.4. The first-order valence-corrected chi connectivity index (χ1v) is 13.0. The second-order valence-electron chi connectivity index (χ2n) is 11.7. The van der Waals surface area contributed by atoms with Gasteiger partial charge in [-0.25, -0.2) is 4.79 Å². The molecule has 14 nitrogen and oxygen atoms in total. The number of amides is 2. The van der Waals surface area contributed by atoms with Crippen LogP contribution in [-0.2, 0) is 35.1 Å². The molecule has 0 saturated heterocycles. The number of rotatable bonds is 5. The summed E-state index contributed by atoms with van der Waals surface area (Å²) in [5.41, 5.74) is 0.180. The number of esters is 1. The fraction of sp³-hybridized carbons (Fsp3) is 0.464. The number of nitrogens with one attached hydrogen (secondary N) is 1. The summed E-state index contributed by atoms with van der Waals surface area (Å²) in [6.07, 6.45) is -2.61. The molecular formula is C28H33N3O11. The van der Waals surface area contributed by atoms with Crippen LogP contribution in [0.4, 0.5) is 4.79 Å². The molecule has 4 rings (SSSR count). The molecule has 0 spiro atoms. The van der Waals surface area contributed by atoms with Crippen LogP contribution in [0.2, 0.25) is 0 Å². The Morgan fingerprint density at radius 2 is 1.79 bits per heavy atom. The lowest BCUT2D eigenvalue weighted by atomic mass is 9.56. The van der Waals surface area contributed by atoms with Gasteiger partial charge in [0.1, 0.15) is 41.1 Å². The van der Waals surface area contributed by atoms with Crippen molar-refractivity contribution in [1.29, 1.82) is 0 Å². The maximum atomic E-state index is 14.0. The molecule has 1 fully saturated rings. The number of ether oxygens (including phenoxy) is 2. The highest BCUT2D eigenvalue weighted by atomic mass is 16.6. The summed E-state index contributed by atoms with van der Waals surface area (Å²) in [6.45, 7) is 4.14. The highest BCUT2D eigenvalue weighted by Gasteiger charge is 2.68. The Morgan fingerprint density at radius 1 is 1.14 bits per heavy atom. The highest BCUT2D eigenvalue weighted by molar-refractivity contribution is 6.24. The number of nitrogens with two attached hydrogens (primary N) is 1. The number of aliphatic hydroxyl groups excluding tert-OH is 2. The molecule has 0 aromatic heterocycles. The molecule has 0 unspecified atom stereocenters. The second-order valence-corrected chi connectivity index (χ2v) is 11.7. The van der Waals surface area contributed by atoms with Gasteiger partial charge in [0.05, 0.1) is 17.5 Å². The normalized spacial score (nSPS) is 27.2. The monoisotopic (exact) mass is 587 g/mol. The zero-order valence-electron chi connectivity index (χ0n) is 23.6. The van der Waals surface area contributed by atoms with E-state index in [1.807, 2.05) is 0 Å². The smallest absolute Gasteiger partial charge is 0.408 e. The Morgan fingerprint density at radius 3 is 2.36 bits per heavy atom. The van der Waals surface area contributed by atoms with E-state index < -0.39 is 93.9 Å². The first-order chi connectivity index (χ1) is 19.4. The van der Waals surface area contributed by atoms with Crippen molar-refractivity contribution in [2.75, 3.05) is 20.6 Å². The summed E-state index contributed by atoms with van der Waals surface area (Å²) in [6, 6.07) is 2.82. The lowest BCUT2D eigenvalue weighted by molar-refractivity contribution is -0.183. The molecule has 14 heteroatoms. The summed E-state index contributed by atoms with van der Waals surface area (Å²) in [4.78, 5) is 66.2. The predicted octanol–water partition coefficient (Wildman–Crippen LogP) is 0.0104. The van der Waals surface area contributed by atoms with Gasteiger partial charge in [-0.15, -0.1) is 0 Å². The first-order valence-electron chi connectivity index (χ1n) is 13.0. The first kappa shape index (κ1) is 30.5. The van der Waals surface area contributed by atoms with Crippen LogP contribution in [0.5, 0.6) is 5.75 Å². The number of hydrogen-bond donors (Lipinski definition) is 6. The lowest BCUT2D eigenvalue weighted by Gasteiger charge is -2.53. The van der Waals surface area contributed by atoms with E-state index in [2.05, 4.69) is 5.32 Å². The minimum absolute atomic E-state index is 0.0968. The van der Waals surface area contributed by atoms with Crippen LogP contribution in [0.15, 0.2) is 35.1 Å². The van der Waals surface area contributed by atoms with Crippen LogP contribution in [0.1, 0.15) is 31.9 Å². The van der Waals surface area contributed by atoms with E-state index in [1.165, 1.54) is 31.1 Å². The van der Waals surface area contributed by atoms with Crippen molar-refractivity contribution < 1.29 is 53.9 Å². The van der Waals surface area contributed by atoms with Gasteiger partial charge in [-0.3, -0.25) is 24.1 Å². The molecular weight excluding hydrogens is 554 g/mol. The highest BCUT2D eigenvalue weighted by Crippen LogP contribution is 2.53. The van der Waals surface area contributed by atoms with Crippen LogP contribution >= 0.6 is 0 Å². The molecule has 1 aromatic carbocycles. The molecule has 5 atom stereocenters. The standard InChI is InChI=1S/C28H33N3O11/c1-27(2,3)42-26(39)30-10-14(33)41-22-12-9-11-7-6-8-13(32)15(11)20(34)16(12)23(36)28(40)18(22)19(31(4)5)21(35)17(24(28)37)25(29)38/h6-8,12,18-19,22,32,34,37,40H,9-10H2,1-5H3,(H2,29,38)(H,30,39)/t12-,18-,19+,22+,28+/m1/s1. The molecule has 3 aliphatic carbocycles. The number of aliphatic hydroxyl groups is 3. The fourth-order valence-electron chi connectivity index (χ4n) is 5.97. The quantitative estimate of drug-likeness (QED) is 0.198. The van der Waals surface area contributed by atoms with Crippen molar-refractivity contribution in [3.63, 3.8) is 0 Å². The van der Waals surface area contributed by atoms with Gasteiger partial charge in [-0.1, -0.05) is 12.1 Å². The van der Waals surface area contributed by atoms with Gasteiger partial charge in [0.2, 0.25) is 5.78 Å². The minimum atomic E-state index is -3.06. The number of Topliss-reactive ketones (excluding diaryl/α,β-unsaturated/α-hetero) is 2. The van der Waals surface area contributed by atoms with Gasteiger partial charge in [0.25, 0.3) is 5.91 Å². The number of alkyl carbamates (subject to hydrolysis) is 1. The summed E-state index contributed by atoms with van der Waals surface area (Å²) < 4.78 is 10.8. The third-order valence-electron chi connectivity index (χ3n) is 7.55. The van der Waals surface area contributed by atoms with Crippen molar-refractivity contribution in [1.82, 2.24) is 10.2 Å². The average Bonchev–Trinajstić information content (AvgIpc) is 2.85. The number of carbonyl (C=O) groups excluding carboxylic acids is 5. The summed E-state index contributed by atoms with van der Waals surface area (Å²) in [7, 11) is 2.82. The van der Waals surface area contributed by atoms with E-state index in [9.17, 15) is 44.4 Å². The average molecular weight is 588 g/mol. The number of fused-ring (bicyclic) bond motifs is 3. The molecule has 1 saturated carbocycles. The molecule has 1 aromatic rings. The minimum Gasteiger partial charge on any atom is -0.508 e. The lowest BCUT2D eigenvalue weighted by Crippen LogP contribution is -2.71. The van der Waals surface area contributed by atoms with Gasteiger partial charge in [-0.2, -0.15) is 0 Å². The molecule has 226 valence electrons. The third kappa shape index (κ3) is 4.86. The van der Waals surface area contributed by atoms with Crippen molar-refractivity contribution in [2.24, 2.45) is 17.6 Å². The number of phenolic OH excluding ortho intramolecular Hbond substituents is 1. The third-order valence-corrected chi connectivity index (χ3v) is 7.55.